The zero-order chi connectivity index (χ0) is 22.7. The zero-order valence-electron chi connectivity index (χ0n) is 20.3. The van der Waals surface area contributed by atoms with Crippen LogP contribution in [-0.2, 0) is 10.8 Å². The molecule has 0 spiro atoms. The Morgan fingerprint density at radius 3 is 2.22 bits per heavy atom. The second kappa shape index (κ2) is 7.07. The smallest absolute Gasteiger partial charge is 0.0442 e. The highest BCUT2D eigenvalue weighted by Gasteiger charge is 2.48. The molecule has 1 atom stereocenters. The molecule has 0 nitrogen and oxygen atoms in total. The lowest BCUT2D eigenvalue weighted by molar-refractivity contribution is 0.277. The summed E-state index contributed by atoms with van der Waals surface area (Å²) in [4.78, 5) is 0. The molecular weight excluding hydrogens is 384 g/mol. The minimum Gasteiger partial charge on any atom is -0.0801 e. The fourth-order valence-electron chi connectivity index (χ4n) is 5.72. The Bertz CT molecular complexity index is 1330. The maximum atomic E-state index is 2.50. The lowest BCUT2D eigenvalue weighted by Gasteiger charge is -2.48. The van der Waals surface area contributed by atoms with Gasteiger partial charge >= 0.3 is 0 Å². The van der Waals surface area contributed by atoms with Gasteiger partial charge in [-0.05, 0) is 67.2 Å². The van der Waals surface area contributed by atoms with Gasteiger partial charge in [-0.15, -0.1) is 0 Å². The number of rotatable bonds is 2. The predicted molar refractivity (Wildman–Crippen MR) is 138 cm³/mol. The minimum atomic E-state index is -0.184. The van der Waals surface area contributed by atoms with Gasteiger partial charge in [-0.2, -0.15) is 0 Å². The van der Waals surface area contributed by atoms with Crippen molar-refractivity contribution in [3.63, 3.8) is 0 Å². The van der Waals surface area contributed by atoms with E-state index in [9.17, 15) is 0 Å². The summed E-state index contributed by atoms with van der Waals surface area (Å²) in [6.07, 6.45) is 15.2. The van der Waals surface area contributed by atoms with Crippen LogP contribution in [0.1, 0.15) is 59.1 Å². The molecular formula is C32H34. The van der Waals surface area contributed by atoms with E-state index in [0.717, 1.165) is 6.42 Å². The number of benzene rings is 2. The highest BCUT2D eigenvalue weighted by Crippen LogP contribution is 2.56. The SMILES string of the molecule is CC(C)(C)c1ccc2c(c1)=CC1=C(C3=CC=CC3)C(c3ccccc3)(C(C)(C)C)C=CC=21. The molecule has 0 bridgehead atoms. The summed E-state index contributed by atoms with van der Waals surface area (Å²) < 4.78 is 0. The molecule has 2 aromatic carbocycles. The molecule has 0 saturated carbocycles. The summed E-state index contributed by atoms with van der Waals surface area (Å²) in [6, 6.07) is 18.2. The standard InChI is InChI=1S/C32H34/c1-30(2,3)25-16-17-26-23(20-25)21-28-27(26)18-19-32(31(4,5)6,24-14-8-7-9-15-24)29(28)22-12-10-11-13-22/h7-12,14-21H,13H2,1-6H3. The Kier molecular flexibility index (Phi) is 4.64. The van der Waals surface area contributed by atoms with Crippen molar-refractivity contribution in [2.45, 2.75) is 58.8 Å². The Balaban J connectivity index is 1.87. The van der Waals surface area contributed by atoms with Gasteiger partial charge in [-0.1, -0.05) is 120 Å². The van der Waals surface area contributed by atoms with Crippen molar-refractivity contribution in [1.29, 1.82) is 0 Å². The first-order valence-corrected chi connectivity index (χ1v) is 11.9. The van der Waals surface area contributed by atoms with E-state index >= 15 is 0 Å². The van der Waals surface area contributed by atoms with Gasteiger partial charge in [0.05, 0.1) is 0 Å². The molecule has 0 radical (unpaired) electrons. The molecule has 3 aliphatic carbocycles. The van der Waals surface area contributed by atoms with Gasteiger partial charge in [0.25, 0.3) is 0 Å². The number of hydrogen-bond acceptors (Lipinski definition) is 0. The van der Waals surface area contributed by atoms with Crippen molar-refractivity contribution in [1.82, 2.24) is 0 Å². The van der Waals surface area contributed by atoms with Gasteiger partial charge in [-0.25, -0.2) is 0 Å². The summed E-state index contributed by atoms with van der Waals surface area (Å²) in [7, 11) is 0. The van der Waals surface area contributed by atoms with Gasteiger partial charge < -0.3 is 0 Å². The topological polar surface area (TPSA) is 0 Å². The van der Waals surface area contributed by atoms with Crippen molar-refractivity contribution < 1.29 is 0 Å². The monoisotopic (exact) mass is 418 g/mol. The molecule has 0 fully saturated rings. The molecule has 5 rings (SSSR count). The van der Waals surface area contributed by atoms with E-state index < -0.39 is 0 Å². The highest BCUT2D eigenvalue weighted by molar-refractivity contribution is 5.93. The molecule has 0 heterocycles. The van der Waals surface area contributed by atoms with Crippen molar-refractivity contribution in [3.05, 3.63) is 117 Å². The van der Waals surface area contributed by atoms with Gasteiger partial charge in [0.15, 0.2) is 0 Å². The van der Waals surface area contributed by atoms with Crippen LogP contribution in [0, 0.1) is 5.41 Å². The highest BCUT2D eigenvalue weighted by atomic mass is 14.5. The van der Waals surface area contributed by atoms with Gasteiger partial charge in [-0.3, -0.25) is 0 Å². The Morgan fingerprint density at radius 1 is 0.844 bits per heavy atom. The van der Waals surface area contributed by atoms with Crippen LogP contribution in [0.3, 0.4) is 0 Å². The van der Waals surface area contributed by atoms with E-state index in [-0.39, 0.29) is 16.2 Å². The predicted octanol–water partition coefficient (Wildman–Crippen LogP) is 6.67. The molecule has 3 aliphatic rings. The summed E-state index contributed by atoms with van der Waals surface area (Å²) in [5, 5.41) is 2.72. The molecule has 0 heteroatoms. The number of allylic oxidation sites excluding steroid dienone is 8. The molecule has 0 N–H and O–H groups in total. The van der Waals surface area contributed by atoms with Crippen molar-refractivity contribution >= 4 is 11.6 Å². The quantitative estimate of drug-likeness (QED) is 0.511. The Hall–Kier alpha value is -2.86. The van der Waals surface area contributed by atoms with E-state index in [0.29, 0.717) is 0 Å². The van der Waals surface area contributed by atoms with Crippen LogP contribution in [0.5, 0.6) is 0 Å². The van der Waals surface area contributed by atoms with Crippen molar-refractivity contribution in [2.75, 3.05) is 0 Å². The molecule has 0 saturated heterocycles. The normalized spacial score (nSPS) is 22.1. The first-order valence-electron chi connectivity index (χ1n) is 11.9. The molecule has 1 unspecified atom stereocenters. The van der Waals surface area contributed by atoms with Crippen LogP contribution < -0.4 is 10.4 Å². The molecule has 162 valence electrons. The fourth-order valence-corrected chi connectivity index (χ4v) is 5.72. The van der Waals surface area contributed by atoms with Crippen LogP contribution in [0.25, 0.3) is 11.6 Å². The average Bonchev–Trinajstić information content (AvgIpc) is 3.39. The first kappa shape index (κ1) is 21.0. The molecule has 2 aromatic rings. The second-order valence-corrected chi connectivity index (χ2v) is 11.5. The number of hydrogen-bond donors (Lipinski definition) is 0. The third kappa shape index (κ3) is 3.04. The summed E-state index contributed by atoms with van der Waals surface area (Å²) >= 11 is 0. The van der Waals surface area contributed by atoms with Crippen LogP contribution >= 0.6 is 0 Å². The summed E-state index contributed by atoms with van der Waals surface area (Å²) in [6.45, 7) is 14.0. The van der Waals surface area contributed by atoms with Gasteiger partial charge in [0.2, 0.25) is 0 Å². The second-order valence-electron chi connectivity index (χ2n) is 11.5. The first-order chi connectivity index (χ1) is 15.1. The maximum Gasteiger partial charge on any atom is 0.0442 e. The van der Waals surface area contributed by atoms with Crippen LogP contribution in [-0.4, -0.2) is 0 Å². The van der Waals surface area contributed by atoms with E-state index in [1.165, 1.54) is 43.9 Å². The lowest BCUT2D eigenvalue weighted by atomic mass is 9.54. The van der Waals surface area contributed by atoms with Crippen molar-refractivity contribution in [3.8, 4) is 0 Å². The molecule has 0 amide bonds. The van der Waals surface area contributed by atoms with Crippen LogP contribution in [0.15, 0.2) is 95.6 Å². The average molecular weight is 419 g/mol. The zero-order valence-corrected chi connectivity index (χ0v) is 20.3. The lowest BCUT2D eigenvalue weighted by Crippen LogP contribution is -2.42. The van der Waals surface area contributed by atoms with E-state index in [4.69, 9.17) is 0 Å². The van der Waals surface area contributed by atoms with Crippen molar-refractivity contribution in [2.24, 2.45) is 5.41 Å². The van der Waals surface area contributed by atoms with Crippen LogP contribution in [0.2, 0.25) is 0 Å². The van der Waals surface area contributed by atoms with Crippen LogP contribution in [0.4, 0.5) is 0 Å². The van der Waals surface area contributed by atoms with E-state index in [2.05, 4.69) is 127 Å². The maximum absolute atomic E-state index is 2.50. The van der Waals surface area contributed by atoms with Gasteiger partial charge in [0, 0.05) is 5.41 Å². The Labute approximate surface area is 193 Å². The minimum absolute atomic E-state index is 0.0152. The number of fused-ring (bicyclic) bond motifs is 2. The molecule has 0 aliphatic heterocycles. The largest absolute Gasteiger partial charge is 0.0801 e. The summed E-state index contributed by atoms with van der Waals surface area (Å²) in [5.41, 5.74) is 8.44. The Morgan fingerprint density at radius 2 is 1.59 bits per heavy atom. The van der Waals surface area contributed by atoms with E-state index in [1.54, 1.807) is 0 Å². The third-order valence-electron chi connectivity index (χ3n) is 7.47. The van der Waals surface area contributed by atoms with E-state index in [1.807, 2.05) is 0 Å². The summed E-state index contributed by atoms with van der Waals surface area (Å²) in [5.74, 6) is 0. The molecule has 32 heavy (non-hydrogen) atoms. The third-order valence-corrected chi connectivity index (χ3v) is 7.47. The van der Waals surface area contributed by atoms with Gasteiger partial charge in [0.1, 0.15) is 0 Å². The fraction of sp³-hybridized carbons (Fsp3) is 0.312. The molecule has 0 aromatic heterocycles.